The summed E-state index contributed by atoms with van der Waals surface area (Å²) in [6.45, 7) is 0. The molecular weight excluding hydrogens is 234 g/mol. The van der Waals surface area contributed by atoms with Gasteiger partial charge in [-0.3, -0.25) is 0 Å². The maximum absolute atomic E-state index is 13.2. The summed E-state index contributed by atoms with van der Waals surface area (Å²) in [5, 5.41) is 0. The number of benzene rings is 2. The second-order valence-corrected chi connectivity index (χ2v) is 4.00. The maximum Gasteiger partial charge on any atom is 0.165 e. The van der Waals surface area contributed by atoms with Gasteiger partial charge in [0.1, 0.15) is 5.82 Å². The van der Waals surface area contributed by atoms with E-state index in [0.717, 1.165) is 11.1 Å². The van der Waals surface area contributed by atoms with Crippen LogP contribution in [0.2, 0.25) is 0 Å². The van der Waals surface area contributed by atoms with Gasteiger partial charge in [-0.15, -0.1) is 0 Å². The molecule has 2 rings (SSSR count). The van der Waals surface area contributed by atoms with E-state index >= 15 is 0 Å². The fraction of sp³-hybridized carbons (Fsp3) is 0.200. The normalized spacial score (nSPS) is 10.4. The zero-order valence-electron chi connectivity index (χ0n) is 10.0. The van der Waals surface area contributed by atoms with E-state index in [4.69, 9.17) is 4.74 Å². The Balaban J connectivity index is 2.06. The van der Waals surface area contributed by atoms with Crippen LogP contribution in [0.4, 0.5) is 8.78 Å². The Morgan fingerprint density at radius 2 is 1.94 bits per heavy atom. The molecule has 0 saturated carbocycles. The van der Waals surface area contributed by atoms with E-state index in [9.17, 15) is 8.78 Å². The molecule has 0 amide bonds. The first-order valence-corrected chi connectivity index (χ1v) is 5.67. The van der Waals surface area contributed by atoms with E-state index in [2.05, 4.69) is 6.07 Å². The van der Waals surface area contributed by atoms with Crippen LogP contribution in [0.3, 0.4) is 0 Å². The Morgan fingerprint density at radius 3 is 2.67 bits per heavy atom. The Labute approximate surface area is 105 Å². The van der Waals surface area contributed by atoms with E-state index in [-0.39, 0.29) is 17.4 Å². The zero-order chi connectivity index (χ0) is 13.0. The molecule has 93 valence electrons. The first-order valence-electron chi connectivity index (χ1n) is 5.67. The minimum atomic E-state index is -0.376. The van der Waals surface area contributed by atoms with Crippen molar-refractivity contribution in [2.45, 2.75) is 12.8 Å². The van der Waals surface area contributed by atoms with Gasteiger partial charge in [-0.05, 0) is 54.3 Å². The molecule has 0 aromatic heterocycles. The summed E-state index contributed by atoms with van der Waals surface area (Å²) in [4.78, 5) is 0. The second kappa shape index (κ2) is 5.63. The van der Waals surface area contributed by atoms with Crippen molar-refractivity contribution < 1.29 is 13.5 Å². The highest BCUT2D eigenvalue weighted by Crippen LogP contribution is 2.19. The number of hydrogen-bond acceptors (Lipinski definition) is 1. The van der Waals surface area contributed by atoms with Gasteiger partial charge >= 0.3 is 0 Å². The highest BCUT2D eigenvalue weighted by Gasteiger charge is 2.04. The van der Waals surface area contributed by atoms with Crippen molar-refractivity contribution in [2.24, 2.45) is 0 Å². The summed E-state index contributed by atoms with van der Waals surface area (Å²) >= 11 is 0. The topological polar surface area (TPSA) is 9.23 Å². The van der Waals surface area contributed by atoms with Gasteiger partial charge in [0.15, 0.2) is 11.6 Å². The summed E-state index contributed by atoms with van der Waals surface area (Å²) in [7, 11) is 1.43. The van der Waals surface area contributed by atoms with Gasteiger partial charge < -0.3 is 4.74 Å². The van der Waals surface area contributed by atoms with E-state index in [1.807, 2.05) is 0 Å². The molecule has 0 atom stereocenters. The van der Waals surface area contributed by atoms with Crippen LogP contribution in [0.1, 0.15) is 11.1 Å². The first kappa shape index (κ1) is 12.6. The summed E-state index contributed by atoms with van der Waals surface area (Å²) < 4.78 is 31.1. The lowest BCUT2D eigenvalue weighted by Gasteiger charge is -2.06. The minimum Gasteiger partial charge on any atom is -0.494 e. The monoisotopic (exact) mass is 247 g/mol. The van der Waals surface area contributed by atoms with Gasteiger partial charge in [0.05, 0.1) is 7.11 Å². The molecule has 1 nitrogen and oxygen atoms in total. The predicted octanol–water partition coefficient (Wildman–Crippen LogP) is 3.56. The van der Waals surface area contributed by atoms with Crippen molar-refractivity contribution in [1.29, 1.82) is 0 Å². The van der Waals surface area contributed by atoms with Crippen molar-refractivity contribution in [3.05, 3.63) is 65.2 Å². The Kier molecular flexibility index (Phi) is 3.92. The number of ether oxygens (including phenoxy) is 1. The first-order chi connectivity index (χ1) is 8.69. The number of halogens is 2. The molecule has 18 heavy (non-hydrogen) atoms. The smallest absolute Gasteiger partial charge is 0.165 e. The molecule has 0 aliphatic rings. The standard InChI is InChI=1S/C15H13F2O/c1-18-15-10-12(7-8-14(15)17)6-5-11-3-2-4-13(16)9-11/h2,4,7-10H,5-6H2,1H3. The molecule has 3 heteroatoms. The van der Waals surface area contributed by atoms with Crippen molar-refractivity contribution in [3.8, 4) is 5.75 Å². The lowest BCUT2D eigenvalue weighted by Crippen LogP contribution is -1.95. The third-order valence-electron chi connectivity index (χ3n) is 2.72. The van der Waals surface area contributed by atoms with Crippen LogP contribution in [-0.2, 0) is 12.8 Å². The van der Waals surface area contributed by atoms with E-state index < -0.39 is 0 Å². The average molecular weight is 247 g/mol. The molecule has 0 heterocycles. The SMILES string of the molecule is COc1cc(CCc2[c]ccc(F)c2)ccc1F. The summed E-state index contributed by atoms with van der Waals surface area (Å²) in [5.74, 6) is -0.408. The predicted molar refractivity (Wildman–Crippen MR) is 65.6 cm³/mol. The minimum absolute atomic E-state index is 0.232. The molecule has 0 aliphatic heterocycles. The van der Waals surface area contributed by atoms with Crippen molar-refractivity contribution in [1.82, 2.24) is 0 Å². The summed E-state index contributed by atoms with van der Waals surface area (Å²) in [5.41, 5.74) is 1.75. The fourth-order valence-electron chi connectivity index (χ4n) is 1.77. The van der Waals surface area contributed by atoms with Gasteiger partial charge in [0.2, 0.25) is 0 Å². The van der Waals surface area contributed by atoms with Crippen LogP contribution >= 0.6 is 0 Å². The second-order valence-electron chi connectivity index (χ2n) is 4.00. The van der Waals surface area contributed by atoms with Gasteiger partial charge in [0.25, 0.3) is 0 Å². The molecule has 0 unspecified atom stereocenters. The highest BCUT2D eigenvalue weighted by molar-refractivity contribution is 5.31. The zero-order valence-corrected chi connectivity index (χ0v) is 10.0. The maximum atomic E-state index is 13.2. The number of aryl methyl sites for hydroxylation is 2. The van der Waals surface area contributed by atoms with Crippen LogP contribution in [-0.4, -0.2) is 7.11 Å². The van der Waals surface area contributed by atoms with Crippen molar-refractivity contribution in [3.63, 3.8) is 0 Å². The summed E-state index contributed by atoms with van der Waals surface area (Å²) in [6.07, 6.45) is 1.35. The quantitative estimate of drug-likeness (QED) is 0.802. The third-order valence-corrected chi connectivity index (χ3v) is 2.72. The van der Waals surface area contributed by atoms with Gasteiger partial charge in [-0.25, -0.2) is 8.78 Å². The van der Waals surface area contributed by atoms with Gasteiger partial charge in [-0.1, -0.05) is 12.1 Å². The van der Waals surface area contributed by atoms with E-state index in [1.54, 1.807) is 18.2 Å². The molecule has 2 aromatic carbocycles. The molecule has 1 radical (unpaired) electrons. The number of methoxy groups -OCH3 is 1. The molecule has 0 fully saturated rings. The van der Waals surface area contributed by atoms with Crippen LogP contribution in [0.25, 0.3) is 0 Å². The largest absolute Gasteiger partial charge is 0.494 e. The van der Waals surface area contributed by atoms with E-state index in [0.29, 0.717) is 12.8 Å². The molecule has 0 N–H and O–H groups in total. The lowest BCUT2D eigenvalue weighted by molar-refractivity contribution is 0.386. The van der Waals surface area contributed by atoms with Crippen LogP contribution < -0.4 is 4.74 Å². The lowest BCUT2D eigenvalue weighted by atomic mass is 10.0. The Morgan fingerprint density at radius 1 is 1.11 bits per heavy atom. The average Bonchev–Trinajstić information content (AvgIpc) is 2.38. The van der Waals surface area contributed by atoms with Crippen LogP contribution in [0.5, 0.6) is 5.75 Å². The third kappa shape index (κ3) is 3.06. The van der Waals surface area contributed by atoms with Crippen LogP contribution in [0.15, 0.2) is 36.4 Å². The molecule has 0 aliphatic carbocycles. The Hall–Kier alpha value is -1.90. The highest BCUT2D eigenvalue weighted by atomic mass is 19.1. The molecule has 2 aromatic rings. The number of rotatable bonds is 4. The molecule has 0 spiro atoms. The van der Waals surface area contributed by atoms with E-state index in [1.165, 1.54) is 25.3 Å². The number of hydrogen-bond donors (Lipinski definition) is 0. The summed E-state index contributed by atoms with van der Waals surface area (Å²) in [6, 6.07) is 12.1. The molecule has 0 bridgehead atoms. The van der Waals surface area contributed by atoms with Crippen molar-refractivity contribution >= 4 is 0 Å². The van der Waals surface area contributed by atoms with Gasteiger partial charge in [-0.2, -0.15) is 0 Å². The fourth-order valence-corrected chi connectivity index (χ4v) is 1.77. The Bertz CT molecular complexity index is 538. The molecular formula is C15H13F2O. The van der Waals surface area contributed by atoms with Crippen LogP contribution in [0, 0.1) is 17.7 Å². The van der Waals surface area contributed by atoms with Crippen molar-refractivity contribution in [2.75, 3.05) is 7.11 Å². The molecule has 0 saturated heterocycles. The van der Waals surface area contributed by atoms with Gasteiger partial charge in [0, 0.05) is 0 Å².